The van der Waals surface area contributed by atoms with Gasteiger partial charge in [-0.05, 0) is 111 Å². The van der Waals surface area contributed by atoms with Crippen LogP contribution in [-0.2, 0) is 0 Å². The Morgan fingerprint density at radius 3 is 2.03 bits per heavy atom. The van der Waals surface area contributed by atoms with Gasteiger partial charge >= 0.3 is 0 Å². The van der Waals surface area contributed by atoms with Crippen LogP contribution in [0.15, 0.2) is 24.3 Å². The summed E-state index contributed by atoms with van der Waals surface area (Å²) >= 11 is 0. The molecule has 0 spiro atoms. The Labute approximate surface area is 192 Å². The Hall–Kier alpha value is -0.980. The summed E-state index contributed by atoms with van der Waals surface area (Å²) in [5, 5.41) is 0. The molecule has 3 fully saturated rings. The molecule has 0 saturated heterocycles. The van der Waals surface area contributed by atoms with Gasteiger partial charge in [-0.2, -0.15) is 0 Å². The molecule has 3 aliphatic rings. The van der Waals surface area contributed by atoms with Crippen LogP contribution in [0.4, 0.5) is 0 Å². The van der Waals surface area contributed by atoms with Crippen LogP contribution in [0.5, 0.6) is 5.75 Å². The molecule has 0 bridgehead atoms. The molecule has 4 atom stereocenters. The van der Waals surface area contributed by atoms with Gasteiger partial charge in [0.05, 0.1) is 6.61 Å². The van der Waals surface area contributed by atoms with E-state index in [0.29, 0.717) is 0 Å². The zero-order valence-electron chi connectivity index (χ0n) is 20.5. The second-order valence-electron chi connectivity index (χ2n) is 11.2. The number of hydrogen-bond acceptors (Lipinski definition) is 1. The van der Waals surface area contributed by atoms with E-state index in [0.717, 1.165) is 47.9 Å². The van der Waals surface area contributed by atoms with Gasteiger partial charge in [0.2, 0.25) is 0 Å². The lowest BCUT2D eigenvalue weighted by Gasteiger charge is -2.45. The third kappa shape index (κ3) is 6.29. The van der Waals surface area contributed by atoms with Gasteiger partial charge < -0.3 is 4.74 Å². The summed E-state index contributed by atoms with van der Waals surface area (Å²) in [6.07, 6.45) is 22.4. The number of hydrogen-bond donors (Lipinski definition) is 0. The molecule has 1 aromatic rings. The van der Waals surface area contributed by atoms with Crippen LogP contribution < -0.4 is 4.74 Å². The highest BCUT2D eigenvalue weighted by atomic mass is 16.5. The smallest absolute Gasteiger partial charge is 0.119 e. The number of unbranched alkanes of at least 4 members (excludes halogenated alkanes) is 3. The maximum atomic E-state index is 5.64. The molecule has 0 aromatic heterocycles. The van der Waals surface area contributed by atoms with Crippen LogP contribution in [0.1, 0.15) is 122 Å². The Morgan fingerprint density at radius 2 is 1.32 bits per heavy atom. The van der Waals surface area contributed by atoms with Crippen LogP contribution >= 0.6 is 0 Å². The normalized spacial score (nSPS) is 33.6. The molecule has 0 aliphatic heterocycles. The van der Waals surface area contributed by atoms with Gasteiger partial charge in [-0.25, -0.2) is 0 Å². The van der Waals surface area contributed by atoms with Gasteiger partial charge in [0, 0.05) is 0 Å². The fourth-order valence-corrected chi connectivity index (χ4v) is 7.47. The molecule has 174 valence electrons. The highest BCUT2D eigenvalue weighted by molar-refractivity contribution is 5.29. The molecule has 31 heavy (non-hydrogen) atoms. The van der Waals surface area contributed by atoms with Crippen LogP contribution in [0.3, 0.4) is 0 Å². The number of ether oxygens (including phenoxy) is 1. The molecule has 0 heterocycles. The van der Waals surface area contributed by atoms with Crippen LogP contribution in [0.2, 0.25) is 0 Å². The Bertz CT molecular complexity index is 626. The fraction of sp³-hybridized carbons (Fsp3) is 0.800. The third-order valence-electron chi connectivity index (χ3n) is 9.34. The predicted molar refractivity (Wildman–Crippen MR) is 133 cm³/mol. The van der Waals surface area contributed by atoms with Crippen LogP contribution in [0.25, 0.3) is 0 Å². The maximum absolute atomic E-state index is 5.64. The monoisotopic (exact) mass is 424 g/mol. The predicted octanol–water partition coefficient (Wildman–Crippen LogP) is 9.16. The van der Waals surface area contributed by atoms with Gasteiger partial charge in [-0.1, -0.05) is 64.0 Å². The quantitative estimate of drug-likeness (QED) is 0.359. The van der Waals surface area contributed by atoms with Crippen molar-refractivity contribution in [1.82, 2.24) is 0 Å². The van der Waals surface area contributed by atoms with E-state index in [1.54, 1.807) is 37.7 Å². The Balaban J connectivity index is 1.20. The zero-order valence-corrected chi connectivity index (χ0v) is 20.5. The summed E-state index contributed by atoms with van der Waals surface area (Å²) < 4.78 is 5.64. The summed E-state index contributed by atoms with van der Waals surface area (Å²) in [5.41, 5.74) is 1.56. The molecular formula is C30H48O. The first-order valence-electron chi connectivity index (χ1n) is 14.0. The van der Waals surface area contributed by atoms with Crippen molar-refractivity contribution in [3.05, 3.63) is 29.8 Å². The molecule has 1 heteroatoms. The molecule has 4 rings (SSSR count). The molecule has 3 saturated carbocycles. The average molecular weight is 425 g/mol. The van der Waals surface area contributed by atoms with Crippen LogP contribution in [-0.4, -0.2) is 6.61 Å². The number of fused-ring (bicyclic) bond motifs is 1. The van der Waals surface area contributed by atoms with Crippen molar-refractivity contribution >= 4 is 0 Å². The van der Waals surface area contributed by atoms with E-state index in [9.17, 15) is 0 Å². The van der Waals surface area contributed by atoms with Crippen molar-refractivity contribution in [1.29, 1.82) is 0 Å². The van der Waals surface area contributed by atoms with Crippen molar-refractivity contribution in [3.63, 3.8) is 0 Å². The molecule has 1 nitrogen and oxygen atoms in total. The minimum atomic E-state index is 0.758. The standard InChI is InChI=1S/C30H48O/c1-3-5-6-7-8-23-9-11-24(12-10-23)26-13-15-29-22-27(14-16-28(29)21-26)25-17-19-30(20-18-25)31-4-2/h17-20,23-24,26-29H,3-16,21-22H2,1-2H3. The molecule has 0 radical (unpaired) electrons. The van der Waals surface area contributed by atoms with E-state index in [1.165, 1.54) is 64.2 Å². The molecule has 4 unspecified atom stereocenters. The van der Waals surface area contributed by atoms with Crippen molar-refractivity contribution in [2.24, 2.45) is 29.6 Å². The fourth-order valence-electron chi connectivity index (χ4n) is 7.47. The first-order chi connectivity index (χ1) is 15.3. The summed E-state index contributed by atoms with van der Waals surface area (Å²) in [6, 6.07) is 9.04. The third-order valence-corrected chi connectivity index (χ3v) is 9.34. The summed E-state index contributed by atoms with van der Waals surface area (Å²) in [4.78, 5) is 0. The van der Waals surface area contributed by atoms with E-state index in [4.69, 9.17) is 4.74 Å². The highest BCUT2D eigenvalue weighted by Crippen LogP contribution is 2.51. The van der Waals surface area contributed by atoms with Gasteiger partial charge in [0.25, 0.3) is 0 Å². The molecule has 0 N–H and O–H groups in total. The van der Waals surface area contributed by atoms with Crippen molar-refractivity contribution in [2.45, 2.75) is 116 Å². The lowest BCUT2D eigenvalue weighted by atomic mass is 9.60. The second kappa shape index (κ2) is 11.8. The largest absolute Gasteiger partial charge is 0.494 e. The van der Waals surface area contributed by atoms with Gasteiger partial charge in [-0.3, -0.25) is 0 Å². The van der Waals surface area contributed by atoms with Gasteiger partial charge in [0.1, 0.15) is 5.75 Å². The second-order valence-corrected chi connectivity index (χ2v) is 11.2. The minimum Gasteiger partial charge on any atom is -0.494 e. The lowest BCUT2D eigenvalue weighted by molar-refractivity contribution is 0.0710. The van der Waals surface area contributed by atoms with Crippen molar-refractivity contribution in [2.75, 3.05) is 6.61 Å². The van der Waals surface area contributed by atoms with Crippen molar-refractivity contribution in [3.8, 4) is 5.75 Å². The summed E-state index contributed by atoms with van der Waals surface area (Å²) in [7, 11) is 0. The summed E-state index contributed by atoms with van der Waals surface area (Å²) in [5.74, 6) is 7.03. The highest BCUT2D eigenvalue weighted by Gasteiger charge is 2.39. The first kappa shape index (κ1) is 23.2. The van der Waals surface area contributed by atoms with E-state index in [1.807, 2.05) is 0 Å². The van der Waals surface area contributed by atoms with Crippen LogP contribution in [0, 0.1) is 29.6 Å². The van der Waals surface area contributed by atoms with Gasteiger partial charge in [-0.15, -0.1) is 0 Å². The Kier molecular flexibility index (Phi) is 8.79. The number of benzene rings is 1. The molecular weight excluding hydrogens is 376 g/mol. The average Bonchev–Trinajstić information content (AvgIpc) is 2.82. The maximum Gasteiger partial charge on any atom is 0.119 e. The van der Waals surface area contributed by atoms with E-state index in [-0.39, 0.29) is 0 Å². The minimum absolute atomic E-state index is 0.758. The molecule has 1 aromatic carbocycles. The number of rotatable bonds is 9. The first-order valence-corrected chi connectivity index (χ1v) is 14.0. The topological polar surface area (TPSA) is 9.23 Å². The van der Waals surface area contributed by atoms with E-state index in [2.05, 4.69) is 38.1 Å². The lowest BCUT2D eigenvalue weighted by Crippen LogP contribution is -2.34. The SMILES string of the molecule is CCCCCCC1CCC(C2CCC3CC(c4ccc(OCC)cc4)CCC3C2)CC1. The van der Waals surface area contributed by atoms with E-state index < -0.39 is 0 Å². The van der Waals surface area contributed by atoms with E-state index >= 15 is 0 Å². The van der Waals surface area contributed by atoms with Crippen molar-refractivity contribution < 1.29 is 4.74 Å². The molecule has 3 aliphatic carbocycles. The van der Waals surface area contributed by atoms with Gasteiger partial charge in [0.15, 0.2) is 0 Å². The molecule has 0 amide bonds. The zero-order chi connectivity index (χ0) is 21.5. The Morgan fingerprint density at radius 1 is 0.677 bits per heavy atom. The summed E-state index contributed by atoms with van der Waals surface area (Å²) in [6.45, 7) is 5.15.